The van der Waals surface area contributed by atoms with Crippen molar-refractivity contribution in [3.8, 4) is 5.75 Å². The molecule has 0 aliphatic carbocycles. The van der Waals surface area contributed by atoms with E-state index in [0.29, 0.717) is 30.8 Å². The first-order valence-electron chi connectivity index (χ1n) is 12.8. The van der Waals surface area contributed by atoms with Crippen molar-refractivity contribution in [2.75, 3.05) is 7.11 Å². The zero-order chi connectivity index (χ0) is 29.9. The Kier molecular flexibility index (Phi) is 12.2. The van der Waals surface area contributed by atoms with Gasteiger partial charge < -0.3 is 30.2 Å². The molecule has 10 nitrogen and oxygen atoms in total. The molecule has 40 heavy (non-hydrogen) atoms. The molecule has 0 spiro atoms. The number of hydrogen-bond acceptors (Lipinski definition) is 6. The number of methoxy groups -OCH3 is 1. The predicted octanol–water partition coefficient (Wildman–Crippen LogP) is 4.66. The Morgan fingerprint density at radius 3 is 2.42 bits per heavy atom. The number of Topliss-reactive ketones (excluding diaryl/α,β-unsaturated/α-hetero) is 1. The first kappa shape index (κ1) is 32.3. The van der Waals surface area contributed by atoms with Gasteiger partial charge in [0.1, 0.15) is 17.4 Å². The number of ether oxygens (including phenoxy) is 1. The zero-order valence-electron chi connectivity index (χ0n) is 22.7. The van der Waals surface area contributed by atoms with E-state index in [-0.39, 0.29) is 30.8 Å². The fourth-order valence-electron chi connectivity index (χ4n) is 4.06. The second kappa shape index (κ2) is 15.1. The lowest BCUT2D eigenvalue weighted by Crippen LogP contribution is -2.30. The molecular weight excluding hydrogens is 533 g/mol. The van der Waals surface area contributed by atoms with Crippen LogP contribution < -0.4 is 10.1 Å². The zero-order valence-corrected chi connectivity index (χ0v) is 22.7. The number of benzene rings is 1. The van der Waals surface area contributed by atoms with Crippen LogP contribution in [0.1, 0.15) is 74.3 Å². The summed E-state index contributed by atoms with van der Waals surface area (Å²) in [4.78, 5) is 44.3. The van der Waals surface area contributed by atoms with Crippen LogP contribution in [0.3, 0.4) is 0 Å². The van der Waals surface area contributed by atoms with Crippen molar-refractivity contribution in [3.05, 3.63) is 47.2 Å². The predicted molar refractivity (Wildman–Crippen MR) is 141 cm³/mol. The van der Waals surface area contributed by atoms with E-state index in [1.165, 1.54) is 0 Å². The van der Waals surface area contributed by atoms with E-state index < -0.39 is 12.1 Å². The summed E-state index contributed by atoms with van der Waals surface area (Å²) < 4.78 is 37.1. The third-order valence-corrected chi connectivity index (χ3v) is 6.23. The smallest absolute Gasteiger partial charge is 0.490 e. The molecule has 0 radical (unpaired) electrons. The van der Waals surface area contributed by atoms with Crippen LogP contribution >= 0.6 is 0 Å². The standard InChI is InChI=1S/C25H34N4O4.C2HF3O2/c1-4-18(31)8-6-5-7-9-23(25-26-14-17(15-30)28-25)29-24(32)13-20-16(2)27-22-11-10-19(33-3)12-21(20)22;3-2(4,5)1(6)7/h10-12,14,23,27,30H,4-9,13,15H2,1-3H3,(H,26,28)(H,29,32);(H,6,7)/t23-;/m0./s1. The lowest BCUT2D eigenvalue weighted by molar-refractivity contribution is -0.192. The van der Waals surface area contributed by atoms with E-state index in [1.807, 2.05) is 32.0 Å². The van der Waals surface area contributed by atoms with Crippen LogP contribution in [0.2, 0.25) is 0 Å². The topological polar surface area (TPSA) is 157 Å². The maximum Gasteiger partial charge on any atom is 0.490 e. The molecule has 3 rings (SSSR count). The number of carboxylic acid groups (broad SMARTS) is 1. The number of aliphatic hydroxyl groups is 1. The average molecular weight is 569 g/mol. The minimum Gasteiger partial charge on any atom is -0.497 e. The first-order chi connectivity index (χ1) is 18.9. The molecule has 13 heteroatoms. The van der Waals surface area contributed by atoms with Crippen molar-refractivity contribution in [1.29, 1.82) is 0 Å². The highest BCUT2D eigenvalue weighted by Crippen LogP contribution is 2.27. The quantitative estimate of drug-likeness (QED) is 0.188. The Bertz CT molecular complexity index is 1290. The van der Waals surface area contributed by atoms with Gasteiger partial charge in [0.2, 0.25) is 5.91 Å². The highest BCUT2D eigenvalue weighted by molar-refractivity contribution is 5.91. The molecule has 1 aromatic carbocycles. The van der Waals surface area contributed by atoms with E-state index in [2.05, 4.69) is 20.3 Å². The molecule has 0 bridgehead atoms. The third-order valence-electron chi connectivity index (χ3n) is 6.23. The normalized spacial score (nSPS) is 12.0. The molecule has 5 N–H and O–H groups in total. The number of aromatic amines is 2. The van der Waals surface area contributed by atoms with Gasteiger partial charge in [-0.05, 0) is 43.5 Å². The maximum atomic E-state index is 13.0. The minimum absolute atomic E-state index is 0.102. The van der Waals surface area contributed by atoms with Gasteiger partial charge in [-0.2, -0.15) is 13.2 Å². The number of aliphatic carboxylic acids is 1. The number of alkyl halides is 3. The molecule has 0 aliphatic heterocycles. The second-order valence-electron chi connectivity index (χ2n) is 9.18. The van der Waals surface area contributed by atoms with Crippen molar-refractivity contribution in [3.63, 3.8) is 0 Å². The number of imidazole rings is 1. The molecule has 2 aromatic heterocycles. The van der Waals surface area contributed by atoms with Gasteiger partial charge in [-0.15, -0.1) is 0 Å². The molecule has 220 valence electrons. The number of unbranched alkanes of at least 4 members (excludes halogenated alkanes) is 2. The van der Waals surface area contributed by atoms with Gasteiger partial charge in [0.25, 0.3) is 0 Å². The molecular formula is C27H35F3N4O6. The summed E-state index contributed by atoms with van der Waals surface area (Å²) in [6.45, 7) is 3.71. The number of aliphatic hydroxyl groups excluding tert-OH is 1. The summed E-state index contributed by atoms with van der Waals surface area (Å²) in [5.74, 6) is -1.20. The van der Waals surface area contributed by atoms with Crippen molar-refractivity contribution >= 4 is 28.6 Å². The van der Waals surface area contributed by atoms with Crippen LogP contribution in [0.4, 0.5) is 13.2 Å². The number of halogens is 3. The van der Waals surface area contributed by atoms with Crippen molar-refractivity contribution in [2.24, 2.45) is 0 Å². The number of ketones is 1. The lowest BCUT2D eigenvalue weighted by Gasteiger charge is -2.17. The number of aryl methyl sites for hydroxylation is 1. The summed E-state index contributed by atoms with van der Waals surface area (Å²) in [6.07, 6.45) is 1.24. The van der Waals surface area contributed by atoms with Gasteiger partial charge in [-0.25, -0.2) is 9.78 Å². The molecule has 1 amide bonds. The van der Waals surface area contributed by atoms with E-state index in [9.17, 15) is 27.9 Å². The van der Waals surface area contributed by atoms with Crippen LogP contribution in [-0.4, -0.2) is 56.1 Å². The van der Waals surface area contributed by atoms with Crippen LogP contribution in [-0.2, 0) is 27.4 Å². The van der Waals surface area contributed by atoms with Crippen molar-refractivity contribution in [1.82, 2.24) is 20.3 Å². The molecule has 0 unspecified atom stereocenters. The van der Waals surface area contributed by atoms with Crippen LogP contribution in [0.25, 0.3) is 10.9 Å². The Labute approximate surface area is 229 Å². The van der Waals surface area contributed by atoms with Gasteiger partial charge in [0, 0.05) is 29.4 Å². The fraction of sp³-hybridized carbons (Fsp3) is 0.481. The number of nitrogens with one attached hydrogen (secondary N) is 3. The summed E-state index contributed by atoms with van der Waals surface area (Å²) >= 11 is 0. The fourth-order valence-corrected chi connectivity index (χ4v) is 4.06. The number of carboxylic acids is 1. The highest BCUT2D eigenvalue weighted by atomic mass is 19.4. The van der Waals surface area contributed by atoms with Gasteiger partial charge in [-0.1, -0.05) is 19.8 Å². The second-order valence-corrected chi connectivity index (χ2v) is 9.18. The average Bonchev–Trinajstić information content (AvgIpc) is 3.51. The van der Waals surface area contributed by atoms with E-state index >= 15 is 0 Å². The van der Waals surface area contributed by atoms with Gasteiger partial charge in [0.15, 0.2) is 0 Å². The van der Waals surface area contributed by atoms with Crippen LogP contribution in [0, 0.1) is 6.92 Å². The number of hydrogen-bond donors (Lipinski definition) is 5. The van der Waals surface area contributed by atoms with Crippen molar-refractivity contribution < 1.29 is 42.5 Å². The van der Waals surface area contributed by atoms with Crippen LogP contribution in [0.5, 0.6) is 5.75 Å². The molecule has 1 atom stereocenters. The first-order valence-corrected chi connectivity index (χ1v) is 12.8. The van der Waals surface area contributed by atoms with Gasteiger partial charge in [0.05, 0.1) is 38.1 Å². The Balaban J connectivity index is 0.000000708. The molecule has 0 aliphatic rings. The highest BCUT2D eigenvalue weighted by Gasteiger charge is 2.38. The van der Waals surface area contributed by atoms with E-state index in [4.69, 9.17) is 14.6 Å². The van der Waals surface area contributed by atoms with E-state index in [0.717, 1.165) is 47.2 Å². The summed E-state index contributed by atoms with van der Waals surface area (Å²) in [5.41, 5.74) is 3.46. The Morgan fingerprint density at radius 1 is 1.15 bits per heavy atom. The minimum atomic E-state index is -5.08. The monoisotopic (exact) mass is 568 g/mol. The molecule has 0 saturated carbocycles. The number of amides is 1. The summed E-state index contributed by atoms with van der Waals surface area (Å²) in [6, 6.07) is 5.49. The Hall–Kier alpha value is -3.87. The van der Waals surface area contributed by atoms with Crippen molar-refractivity contribution in [2.45, 2.75) is 77.6 Å². The third kappa shape index (κ3) is 9.70. The SMILES string of the molecule is CCC(=O)CCCCC[C@H](NC(=O)Cc1c(C)[nH]c2ccc(OC)cc12)c1ncc(CO)[nH]1.O=C(O)C(F)(F)F. The van der Waals surface area contributed by atoms with E-state index in [1.54, 1.807) is 13.3 Å². The van der Waals surface area contributed by atoms with Gasteiger partial charge >= 0.3 is 12.1 Å². The van der Waals surface area contributed by atoms with Gasteiger partial charge in [-0.3, -0.25) is 9.59 Å². The maximum absolute atomic E-state index is 13.0. The number of carbonyl (C=O) groups is 3. The molecule has 0 saturated heterocycles. The molecule has 3 aromatic rings. The molecule has 0 fully saturated rings. The number of aromatic nitrogens is 3. The largest absolute Gasteiger partial charge is 0.497 e. The summed E-state index contributed by atoms with van der Waals surface area (Å²) in [5, 5.41) is 20.6. The molecule has 2 heterocycles. The summed E-state index contributed by atoms with van der Waals surface area (Å²) in [7, 11) is 1.62. The number of H-pyrrole nitrogens is 2. The number of carbonyl (C=O) groups excluding carboxylic acids is 2. The number of nitrogens with zero attached hydrogens (tertiary/aromatic N) is 1. The number of fused-ring (bicyclic) bond motifs is 1. The lowest BCUT2D eigenvalue weighted by atomic mass is 10.0. The number of rotatable bonds is 13. The Morgan fingerprint density at radius 2 is 1.85 bits per heavy atom. The van der Waals surface area contributed by atoms with Crippen LogP contribution in [0.15, 0.2) is 24.4 Å².